The first-order valence-corrected chi connectivity index (χ1v) is 8.09. The highest BCUT2D eigenvalue weighted by Crippen LogP contribution is 2.24. The Morgan fingerprint density at radius 3 is 2.62 bits per heavy atom. The van der Waals surface area contributed by atoms with E-state index in [-0.39, 0.29) is 0 Å². The van der Waals surface area contributed by atoms with Crippen LogP contribution in [0.4, 0.5) is 0 Å². The van der Waals surface area contributed by atoms with Crippen molar-refractivity contribution in [2.24, 2.45) is 5.92 Å². The van der Waals surface area contributed by atoms with Gasteiger partial charge in [-0.05, 0) is 47.9 Å². The van der Waals surface area contributed by atoms with Gasteiger partial charge in [-0.15, -0.1) is 0 Å². The summed E-state index contributed by atoms with van der Waals surface area (Å²) >= 11 is 12.3. The zero-order valence-electron chi connectivity index (χ0n) is 12.7. The summed E-state index contributed by atoms with van der Waals surface area (Å²) in [7, 11) is 0. The van der Waals surface area contributed by atoms with Crippen molar-refractivity contribution in [1.29, 1.82) is 0 Å². The molecule has 2 aromatic rings. The summed E-state index contributed by atoms with van der Waals surface area (Å²) in [5.74, 6) is 0.551. The Morgan fingerprint density at radius 2 is 1.95 bits per heavy atom. The fourth-order valence-corrected chi connectivity index (χ4v) is 2.93. The number of nitrogens with one attached hydrogen (secondary N) is 1. The van der Waals surface area contributed by atoms with E-state index in [2.05, 4.69) is 49.1 Å². The molecule has 0 bridgehead atoms. The molecule has 0 aliphatic carbocycles. The number of rotatable bonds is 6. The highest BCUT2D eigenvalue weighted by atomic mass is 35.5. The largest absolute Gasteiger partial charge is 0.350 e. The van der Waals surface area contributed by atoms with Crippen molar-refractivity contribution in [3.63, 3.8) is 0 Å². The molecule has 1 heterocycles. The Hall–Kier alpha value is -0.960. The smallest absolute Gasteiger partial charge is 0.0485 e. The van der Waals surface area contributed by atoms with Gasteiger partial charge in [0.15, 0.2) is 0 Å². The van der Waals surface area contributed by atoms with Crippen molar-refractivity contribution >= 4 is 23.2 Å². The van der Waals surface area contributed by atoms with Gasteiger partial charge in [-0.25, -0.2) is 0 Å². The Balaban J connectivity index is 2.17. The number of hydrogen-bond donors (Lipinski definition) is 1. The van der Waals surface area contributed by atoms with Gasteiger partial charge in [0, 0.05) is 35.0 Å². The van der Waals surface area contributed by atoms with Crippen molar-refractivity contribution in [1.82, 2.24) is 9.88 Å². The van der Waals surface area contributed by atoms with Crippen molar-refractivity contribution < 1.29 is 0 Å². The van der Waals surface area contributed by atoms with Crippen LogP contribution in [0.3, 0.4) is 0 Å². The molecule has 0 radical (unpaired) electrons. The fourth-order valence-electron chi connectivity index (χ4n) is 2.56. The van der Waals surface area contributed by atoms with Gasteiger partial charge in [-0.3, -0.25) is 0 Å². The molecule has 21 heavy (non-hydrogen) atoms. The van der Waals surface area contributed by atoms with Crippen LogP contribution >= 0.6 is 23.2 Å². The van der Waals surface area contributed by atoms with E-state index in [4.69, 9.17) is 23.2 Å². The van der Waals surface area contributed by atoms with Crippen LogP contribution in [-0.4, -0.2) is 11.1 Å². The molecule has 1 aromatic heterocycles. The SMILES string of the molecule is CCNC(c1ccn(Cc2cc(Cl)ccc2Cl)c1)C(C)C. The molecule has 1 N–H and O–H groups in total. The summed E-state index contributed by atoms with van der Waals surface area (Å²) in [4.78, 5) is 0. The summed E-state index contributed by atoms with van der Waals surface area (Å²) in [6, 6.07) is 8.14. The molecule has 0 aliphatic rings. The summed E-state index contributed by atoms with van der Waals surface area (Å²) < 4.78 is 2.15. The number of benzene rings is 1. The first-order chi connectivity index (χ1) is 10.0. The molecule has 4 heteroatoms. The third-order valence-electron chi connectivity index (χ3n) is 3.58. The lowest BCUT2D eigenvalue weighted by Crippen LogP contribution is -2.25. The van der Waals surface area contributed by atoms with Crippen molar-refractivity contribution in [3.8, 4) is 0 Å². The molecule has 0 aliphatic heterocycles. The third-order valence-corrected chi connectivity index (χ3v) is 4.19. The van der Waals surface area contributed by atoms with E-state index in [1.807, 2.05) is 18.2 Å². The van der Waals surface area contributed by atoms with Gasteiger partial charge >= 0.3 is 0 Å². The van der Waals surface area contributed by atoms with Gasteiger partial charge in [0.25, 0.3) is 0 Å². The fraction of sp³-hybridized carbons (Fsp3) is 0.412. The monoisotopic (exact) mass is 324 g/mol. The lowest BCUT2D eigenvalue weighted by Gasteiger charge is -2.20. The van der Waals surface area contributed by atoms with Crippen LogP contribution in [0.2, 0.25) is 10.0 Å². The maximum Gasteiger partial charge on any atom is 0.0485 e. The van der Waals surface area contributed by atoms with Gasteiger partial charge in [-0.2, -0.15) is 0 Å². The zero-order valence-corrected chi connectivity index (χ0v) is 14.2. The minimum absolute atomic E-state index is 0.381. The normalized spacial score (nSPS) is 12.9. The highest BCUT2D eigenvalue weighted by molar-refractivity contribution is 6.33. The average molecular weight is 325 g/mol. The van der Waals surface area contributed by atoms with Gasteiger partial charge < -0.3 is 9.88 Å². The molecule has 1 aromatic carbocycles. The summed E-state index contributed by atoms with van der Waals surface area (Å²) in [5.41, 5.74) is 2.35. The van der Waals surface area contributed by atoms with Crippen LogP contribution in [0.15, 0.2) is 36.7 Å². The quantitative estimate of drug-likeness (QED) is 0.777. The first kappa shape index (κ1) is 16.4. The van der Waals surface area contributed by atoms with Gasteiger partial charge in [0.05, 0.1) is 0 Å². The third kappa shape index (κ3) is 4.26. The molecule has 1 unspecified atom stereocenters. The molecule has 2 rings (SSSR count). The first-order valence-electron chi connectivity index (χ1n) is 7.34. The highest BCUT2D eigenvalue weighted by Gasteiger charge is 2.15. The van der Waals surface area contributed by atoms with E-state index in [1.165, 1.54) is 5.56 Å². The van der Waals surface area contributed by atoms with E-state index in [0.29, 0.717) is 12.0 Å². The van der Waals surface area contributed by atoms with Gasteiger partial charge in [0.1, 0.15) is 0 Å². The van der Waals surface area contributed by atoms with Gasteiger partial charge in [-0.1, -0.05) is 44.0 Å². The lowest BCUT2D eigenvalue weighted by atomic mass is 9.98. The predicted molar refractivity (Wildman–Crippen MR) is 91.3 cm³/mol. The topological polar surface area (TPSA) is 17.0 Å². The van der Waals surface area contributed by atoms with Crippen LogP contribution in [0.1, 0.15) is 37.9 Å². The van der Waals surface area contributed by atoms with Crippen molar-refractivity contribution in [2.45, 2.75) is 33.4 Å². The average Bonchev–Trinajstić information content (AvgIpc) is 2.88. The van der Waals surface area contributed by atoms with Crippen LogP contribution < -0.4 is 5.32 Å². The van der Waals surface area contributed by atoms with E-state index < -0.39 is 0 Å². The molecule has 114 valence electrons. The summed E-state index contributed by atoms with van der Waals surface area (Å²) in [6.45, 7) is 8.31. The second kappa shape index (κ2) is 7.35. The molecule has 2 nitrogen and oxygen atoms in total. The molecule has 0 saturated heterocycles. The second-order valence-corrected chi connectivity index (χ2v) is 6.48. The Labute approximate surface area is 137 Å². The van der Waals surface area contributed by atoms with Crippen molar-refractivity contribution in [2.75, 3.05) is 6.54 Å². The van der Waals surface area contributed by atoms with E-state index in [9.17, 15) is 0 Å². The minimum Gasteiger partial charge on any atom is -0.350 e. The Morgan fingerprint density at radius 1 is 1.19 bits per heavy atom. The maximum atomic E-state index is 6.23. The number of aromatic nitrogens is 1. The summed E-state index contributed by atoms with van der Waals surface area (Å²) in [5, 5.41) is 5.00. The number of nitrogens with zero attached hydrogens (tertiary/aromatic N) is 1. The van der Waals surface area contributed by atoms with E-state index >= 15 is 0 Å². The van der Waals surface area contributed by atoms with Crippen molar-refractivity contribution in [3.05, 3.63) is 57.8 Å². The van der Waals surface area contributed by atoms with Gasteiger partial charge in [0.2, 0.25) is 0 Å². The molecule has 0 amide bonds. The number of halogens is 2. The van der Waals surface area contributed by atoms with Crippen LogP contribution in [0, 0.1) is 5.92 Å². The molecule has 1 atom stereocenters. The second-order valence-electron chi connectivity index (χ2n) is 5.63. The molecule has 0 saturated carbocycles. The predicted octanol–water partition coefficient (Wildman–Crippen LogP) is 5.15. The number of hydrogen-bond acceptors (Lipinski definition) is 1. The maximum absolute atomic E-state index is 6.23. The molecule has 0 spiro atoms. The minimum atomic E-state index is 0.381. The molecular weight excluding hydrogens is 303 g/mol. The van der Waals surface area contributed by atoms with Crippen LogP contribution in [0.5, 0.6) is 0 Å². The van der Waals surface area contributed by atoms with E-state index in [1.54, 1.807) is 0 Å². The molecule has 0 fully saturated rings. The van der Waals surface area contributed by atoms with E-state index in [0.717, 1.165) is 28.7 Å². The van der Waals surface area contributed by atoms with Crippen LogP contribution in [-0.2, 0) is 6.54 Å². The lowest BCUT2D eigenvalue weighted by molar-refractivity contribution is 0.421. The summed E-state index contributed by atoms with van der Waals surface area (Å²) in [6.07, 6.45) is 4.28. The molecular formula is C17H22Cl2N2. The zero-order chi connectivity index (χ0) is 15.4. The standard InChI is InChI=1S/C17H22Cl2N2/c1-4-20-17(12(2)3)13-7-8-21(10-13)11-14-9-15(18)5-6-16(14)19/h5-10,12,17,20H,4,11H2,1-3H3. The Bertz CT molecular complexity index is 590. The van der Waals surface area contributed by atoms with Crippen LogP contribution in [0.25, 0.3) is 0 Å². The Kier molecular flexibility index (Phi) is 5.74.